The molecule has 0 saturated carbocycles. The third-order valence-electron chi connectivity index (χ3n) is 12.3. The van der Waals surface area contributed by atoms with E-state index < -0.39 is 5.41 Å². The second-order valence-electron chi connectivity index (χ2n) is 21.1. The molecule has 308 valence electrons. The van der Waals surface area contributed by atoms with E-state index in [0.717, 1.165) is 56.0 Å². The molecule has 0 aromatic heterocycles. The first-order valence-corrected chi connectivity index (χ1v) is 21.3. The minimum absolute atomic E-state index is 0.0519. The van der Waals surface area contributed by atoms with E-state index in [2.05, 4.69) is 218 Å². The van der Waals surface area contributed by atoms with Gasteiger partial charge in [0, 0.05) is 27.7 Å². The Balaban J connectivity index is 1.63. The summed E-state index contributed by atoms with van der Waals surface area (Å²) in [5.74, 6) is 1.76. The van der Waals surface area contributed by atoms with Crippen molar-refractivity contribution in [1.29, 1.82) is 0 Å². The molecular formula is C57H68O2. The summed E-state index contributed by atoms with van der Waals surface area (Å²) in [6.07, 6.45) is 0. The summed E-state index contributed by atoms with van der Waals surface area (Å²) in [6, 6.07) is 45.6. The first-order valence-electron chi connectivity index (χ1n) is 21.3. The maximum atomic E-state index is 6.39. The monoisotopic (exact) mass is 785 g/mol. The van der Waals surface area contributed by atoms with Gasteiger partial charge in [0.25, 0.3) is 0 Å². The van der Waals surface area contributed by atoms with E-state index in [0.29, 0.717) is 0 Å². The summed E-state index contributed by atoms with van der Waals surface area (Å²) >= 11 is 0. The Labute approximate surface area is 357 Å². The Morgan fingerprint density at radius 2 is 0.458 bits per heavy atom. The van der Waals surface area contributed by atoms with Gasteiger partial charge in [0.1, 0.15) is 11.5 Å². The van der Waals surface area contributed by atoms with E-state index in [-0.39, 0.29) is 21.7 Å². The second-order valence-corrected chi connectivity index (χ2v) is 21.1. The normalized spacial score (nSPS) is 12.7. The van der Waals surface area contributed by atoms with Gasteiger partial charge in [-0.1, -0.05) is 194 Å². The molecule has 6 aromatic rings. The van der Waals surface area contributed by atoms with Crippen molar-refractivity contribution in [3.8, 4) is 56.0 Å². The molecule has 0 atom stereocenters. The van der Waals surface area contributed by atoms with E-state index in [9.17, 15) is 0 Å². The minimum atomic E-state index is -0.432. The van der Waals surface area contributed by atoms with Gasteiger partial charge in [-0.3, -0.25) is 0 Å². The largest absolute Gasteiger partial charge is 0.495 e. The summed E-state index contributed by atoms with van der Waals surface area (Å²) in [5.41, 5.74) is 16.3. The number of rotatable bonds is 8. The number of methoxy groups -OCH3 is 2. The van der Waals surface area contributed by atoms with E-state index in [1.807, 2.05) is 0 Å². The number of hydrogen-bond acceptors (Lipinski definition) is 2. The van der Waals surface area contributed by atoms with Crippen LogP contribution in [0.1, 0.15) is 130 Å². The molecular weight excluding hydrogens is 717 g/mol. The Kier molecular flexibility index (Phi) is 11.7. The highest BCUT2D eigenvalue weighted by molar-refractivity contribution is 5.86. The lowest BCUT2D eigenvalue weighted by Crippen LogP contribution is -2.20. The molecule has 0 unspecified atom stereocenters. The molecule has 59 heavy (non-hydrogen) atoms. The molecule has 6 aromatic carbocycles. The van der Waals surface area contributed by atoms with E-state index in [1.54, 1.807) is 14.2 Å². The van der Waals surface area contributed by atoms with Gasteiger partial charge in [0.2, 0.25) is 0 Å². The molecule has 6 rings (SSSR count). The zero-order valence-corrected chi connectivity index (χ0v) is 38.9. The van der Waals surface area contributed by atoms with Crippen molar-refractivity contribution in [2.45, 2.75) is 124 Å². The lowest BCUT2D eigenvalue weighted by molar-refractivity contribution is 0.417. The molecule has 0 amide bonds. The predicted molar refractivity (Wildman–Crippen MR) is 255 cm³/mol. The molecule has 0 saturated heterocycles. The van der Waals surface area contributed by atoms with E-state index >= 15 is 0 Å². The third-order valence-corrected chi connectivity index (χ3v) is 12.3. The van der Waals surface area contributed by atoms with Crippen molar-refractivity contribution < 1.29 is 9.47 Å². The van der Waals surface area contributed by atoms with Crippen LogP contribution in [0.25, 0.3) is 44.5 Å². The van der Waals surface area contributed by atoms with E-state index in [1.165, 1.54) is 33.4 Å². The van der Waals surface area contributed by atoms with Gasteiger partial charge in [-0.05, 0) is 102 Å². The molecule has 0 aliphatic heterocycles. The highest BCUT2D eigenvalue weighted by Crippen LogP contribution is 2.48. The maximum absolute atomic E-state index is 6.39. The molecule has 0 N–H and O–H groups in total. The van der Waals surface area contributed by atoms with Crippen molar-refractivity contribution in [2.24, 2.45) is 0 Å². The number of hydrogen-bond donors (Lipinski definition) is 0. The van der Waals surface area contributed by atoms with Gasteiger partial charge in [0.05, 0.1) is 14.2 Å². The summed E-state index contributed by atoms with van der Waals surface area (Å²) in [4.78, 5) is 0. The van der Waals surface area contributed by atoms with Gasteiger partial charge >= 0.3 is 0 Å². The molecule has 0 aliphatic rings. The average molecular weight is 785 g/mol. The van der Waals surface area contributed by atoms with Crippen molar-refractivity contribution in [3.05, 3.63) is 155 Å². The van der Waals surface area contributed by atoms with Crippen LogP contribution in [-0.2, 0) is 27.1 Å². The fourth-order valence-corrected chi connectivity index (χ4v) is 8.04. The Bertz CT molecular complexity index is 2070. The lowest BCUT2D eigenvalue weighted by atomic mass is 9.74. The first kappa shape index (κ1) is 43.5. The Morgan fingerprint density at radius 1 is 0.271 bits per heavy atom. The molecule has 0 heterocycles. The number of ether oxygens (including phenoxy) is 2. The first-order chi connectivity index (χ1) is 27.4. The summed E-state index contributed by atoms with van der Waals surface area (Å²) < 4.78 is 12.8. The SMILES string of the molecule is COc1c(-c2ccc(C(C)(C)C)cc2)cc(C(C)(C)c2cc(-c3ccc(C(C)(C)C)cc3)c(OC)c(-c3ccc(C(C)(C)C)cc3)c2)cc1-c1ccc(C(C)(C)C)cc1. The summed E-state index contributed by atoms with van der Waals surface area (Å²) in [6.45, 7) is 31.9. The van der Waals surface area contributed by atoms with Crippen LogP contribution in [-0.4, -0.2) is 14.2 Å². The number of benzene rings is 6. The quantitative estimate of drug-likeness (QED) is 0.153. The van der Waals surface area contributed by atoms with Gasteiger partial charge in [-0.15, -0.1) is 0 Å². The zero-order chi connectivity index (χ0) is 43.3. The maximum Gasteiger partial charge on any atom is 0.134 e. The molecule has 2 nitrogen and oxygen atoms in total. The summed E-state index contributed by atoms with van der Waals surface area (Å²) in [5, 5.41) is 0. The molecule has 0 aliphatic carbocycles. The second kappa shape index (κ2) is 15.8. The molecule has 0 spiro atoms. The molecule has 0 fully saturated rings. The van der Waals surface area contributed by atoms with Crippen LogP contribution in [0.15, 0.2) is 121 Å². The Hall–Kier alpha value is -5.08. The minimum Gasteiger partial charge on any atom is -0.495 e. The highest BCUT2D eigenvalue weighted by Gasteiger charge is 2.30. The van der Waals surface area contributed by atoms with Crippen molar-refractivity contribution in [2.75, 3.05) is 14.2 Å². The summed E-state index contributed by atoms with van der Waals surface area (Å²) in [7, 11) is 3.61. The van der Waals surface area contributed by atoms with Crippen molar-refractivity contribution >= 4 is 0 Å². The van der Waals surface area contributed by atoms with E-state index in [4.69, 9.17) is 9.47 Å². The van der Waals surface area contributed by atoms with Crippen LogP contribution >= 0.6 is 0 Å². The van der Waals surface area contributed by atoms with Crippen LogP contribution < -0.4 is 9.47 Å². The predicted octanol–water partition coefficient (Wildman–Crippen LogP) is 15.9. The van der Waals surface area contributed by atoms with Crippen molar-refractivity contribution in [3.63, 3.8) is 0 Å². The fraction of sp³-hybridized carbons (Fsp3) is 0.368. The van der Waals surface area contributed by atoms with Gasteiger partial charge in [-0.25, -0.2) is 0 Å². The average Bonchev–Trinajstić information content (AvgIpc) is 3.18. The molecule has 2 heteroatoms. The van der Waals surface area contributed by atoms with Crippen LogP contribution in [0.4, 0.5) is 0 Å². The van der Waals surface area contributed by atoms with Crippen LogP contribution in [0.5, 0.6) is 11.5 Å². The zero-order valence-electron chi connectivity index (χ0n) is 38.9. The van der Waals surface area contributed by atoms with Crippen LogP contribution in [0.2, 0.25) is 0 Å². The molecule has 0 bridgehead atoms. The third kappa shape index (κ3) is 9.08. The topological polar surface area (TPSA) is 18.5 Å². The highest BCUT2D eigenvalue weighted by atomic mass is 16.5. The van der Waals surface area contributed by atoms with Crippen LogP contribution in [0.3, 0.4) is 0 Å². The lowest BCUT2D eigenvalue weighted by Gasteiger charge is -2.31. The standard InChI is InChI=1S/C57H68O2/c1-53(2,3)41-25-17-37(18-26-41)47-33-45(34-48(51(47)58-15)38-19-27-42(28-20-38)54(4,5)6)57(13,14)46-35-49(39-21-29-43(30-22-39)55(7,8)9)52(59-16)50(36-46)40-23-31-44(32-24-40)56(10,11)12/h17-36H,1-16H3. The fourth-order valence-electron chi connectivity index (χ4n) is 8.04. The van der Waals surface area contributed by atoms with Gasteiger partial charge < -0.3 is 9.47 Å². The smallest absolute Gasteiger partial charge is 0.134 e. The van der Waals surface area contributed by atoms with Crippen molar-refractivity contribution in [1.82, 2.24) is 0 Å². The molecule has 0 radical (unpaired) electrons. The van der Waals surface area contributed by atoms with Gasteiger partial charge in [-0.2, -0.15) is 0 Å². The van der Waals surface area contributed by atoms with Gasteiger partial charge in [0.15, 0.2) is 0 Å². The van der Waals surface area contributed by atoms with Crippen LogP contribution in [0, 0.1) is 0 Å². The Morgan fingerprint density at radius 3 is 0.610 bits per heavy atom.